The predicted molar refractivity (Wildman–Crippen MR) is 70.7 cm³/mol. The summed E-state index contributed by atoms with van der Waals surface area (Å²) in [6.07, 6.45) is -3.95. The normalized spacial score (nSPS) is 12.3. The van der Waals surface area contributed by atoms with Gasteiger partial charge in [0, 0.05) is 24.4 Å². The van der Waals surface area contributed by atoms with Crippen molar-refractivity contribution in [2.24, 2.45) is 5.41 Å². The number of hydrogen-bond donors (Lipinski definition) is 1. The summed E-state index contributed by atoms with van der Waals surface area (Å²) in [5.41, 5.74) is -1.72. The molecule has 1 aromatic rings. The van der Waals surface area contributed by atoms with E-state index in [0.717, 1.165) is 12.1 Å². The van der Waals surface area contributed by atoms with Crippen molar-refractivity contribution in [2.45, 2.75) is 33.4 Å². The first-order valence-electron chi connectivity index (χ1n) is 6.10. The topological polar surface area (TPSA) is 55.2 Å². The lowest BCUT2D eigenvalue weighted by Gasteiger charge is -2.20. The summed E-state index contributed by atoms with van der Waals surface area (Å²) in [7, 11) is 0. The average molecular weight is 290 g/mol. The number of anilines is 1. The molecule has 0 atom stereocenters. The van der Waals surface area contributed by atoms with E-state index in [1.54, 1.807) is 0 Å². The lowest BCUT2D eigenvalue weighted by molar-refractivity contribution is -0.385. The molecular formula is C13H17F3N2O2. The fraction of sp³-hybridized carbons (Fsp3) is 0.538. The van der Waals surface area contributed by atoms with Gasteiger partial charge in [-0.2, -0.15) is 13.2 Å². The maximum absolute atomic E-state index is 12.9. The number of nitro benzene ring substituents is 1. The molecule has 0 aliphatic carbocycles. The molecule has 0 spiro atoms. The van der Waals surface area contributed by atoms with Gasteiger partial charge in [-0.1, -0.05) is 20.8 Å². The quantitative estimate of drug-likeness (QED) is 0.658. The molecule has 0 aromatic heterocycles. The third kappa shape index (κ3) is 4.71. The van der Waals surface area contributed by atoms with Gasteiger partial charge in [0.25, 0.3) is 5.69 Å². The monoisotopic (exact) mass is 290 g/mol. The van der Waals surface area contributed by atoms with E-state index in [9.17, 15) is 23.3 Å². The van der Waals surface area contributed by atoms with Crippen LogP contribution in [0.3, 0.4) is 0 Å². The molecule has 1 rings (SSSR count). The molecule has 0 bridgehead atoms. The number of halogens is 3. The molecular weight excluding hydrogens is 273 g/mol. The molecule has 1 aromatic carbocycles. The summed E-state index contributed by atoms with van der Waals surface area (Å²) in [4.78, 5) is 9.72. The van der Waals surface area contributed by atoms with E-state index in [1.807, 2.05) is 20.8 Å². The van der Waals surface area contributed by atoms with Crippen LogP contribution >= 0.6 is 0 Å². The summed E-state index contributed by atoms with van der Waals surface area (Å²) in [6, 6.07) is 2.72. The minimum absolute atomic E-state index is 0.00777. The minimum Gasteiger partial charge on any atom is -0.385 e. The SMILES string of the molecule is CC(C)(C)CCNc1ccc([N+](=O)[O-])cc1C(F)(F)F. The maximum Gasteiger partial charge on any atom is 0.418 e. The second-order valence-corrected chi connectivity index (χ2v) is 5.72. The third-order valence-corrected chi connectivity index (χ3v) is 2.71. The summed E-state index contributed by atoms with van der Waals surface area (Å²) >= 11 is 0. The summed E-state index contributed by atoms with van der Waals surface area (Å²) in [5, 5.41) is 13.3. The molecule has 0 heterocycles. The van der Waals surface area contributed by atoms with Crippen LogP contribution in [0.2, 0.25) is 0 Å². The zero-order valence-corrected chi connectivity index (χ0v) is 11.5. The highest BCUT2D eigenvalue weighted by Crippen LogP contribution is 2.37. The van der Waals surface area contributed by atoms with E-state index >= 15 is 0 Å². The average Bonchev–Trinajstić information content (AvgIpc) is 2.25. The van der Waals surface area contributed by atoms with Crippen LogP contribution in [-0.4, -0.2) is 11.5 Å². The highest BCUT2D eigenvalue weighted by Gasteiger charge is 2.35. The van der Waals surface area contributed by atoms with Crippen LogP contribution in [0.1, 0.15) is 32.8 Å². The van der Waals surface area contributed by atoms with Crippen LogP contribution in [-0.2, 0) is 6.18 Å². The Balaban J connectivity index is 2.98. The van der Waals surface area contributed by atoms with Crippen LogP contribution in [0.25, 0.3) is 0 Å². The number of hydrogen-bond acceptors (Lipinski definition) is 3. The van der Waals surface area contributed by atoms with Crippen LogP contribution in [0.4, 0.5) is 24.5 Å². The molecule has 112 valence electrons. The van der Waals surface area contributed by atoms with E-state index in [0.29, 0.717) is 19.0 Å². The first-order chi connectivity index (χ1) is 9.00. The van der Waals surface area contributed by atoms with Crippen LogP contribution in [0.15, 0.2) is 18.2 Å². The zero-order valence-electron chi connectivity index (χ0n) is 11.5. The van der Waals surface area contributed by atoms with Gasteiger partial charge in [0.15, 0.2) is 0 Å². The molecule has 7 heteroatoms. The highest BCUT2D eigenvalue weighted by atomic mass is 19.4. The van der Waals surface area contributed by atoms with E-state index in [2.05, 4.69) is 5.32 Å². The van der Waals surface area contributed by atoms with Gasteiger partial charge in [0.2, 0.25) is 0 Å². The molecule has 0 aliphatic rings. The number of non-ortho nitro benzene ring substituents is 1. The molecule has 0 saturated heterocycles. The number of nitro groups is 1. The largest absolute Gasteiger partial charge is 0.418 e. The van der Waals surface area contributed by atoms with Gasteiger partial charge >= 0.3 is 6.18 Å². The van der Waals surface area contributed by atoms with Gasteiger partial charge in [0.1, 0.15) is 0 Å². The van der Waals surface area contributed by atoms with Crippen molar-refractivity contribution in [1.29, 1.82) is 0 Å². The van der Waals surface area contributed by atoms with Gasteiger partial charge in [-0.3, -0.25) is 10.1 Å². The molecule has 4 nitrogen and oxygen atoms in total. The number of rotatable bonds is 4. The zero-order chi connectivity index (χ0) is 15.6. The van der Waals surface area contributed by atoms with E-state index < -0.39 is 22.4 Å². The van der Waals surface area contributed by atoms with Crippen molar-refractivity contribution >= 4 is 11.4 Å². The lowest BCUT2D eigenvalue weighted by Crippen LogP contribution is -2.16. The molecule has 0 unspecified atom stereocenters. The molecule has 1 N–H and O–H groups in total. The smallest absolute Gasteiger partial charge is 0.385 e. The first kappa shape index (κ1) is 16.3. The fourth-order valence-corrected chi connectivity index (χ4v) is 1.61. The van der Waals surface area contributed by atoms with Gasteiger partial charge in [0.05, 0.1) is 10.5 Å². The Morgan fingerprint density at radius 2 is 1.85 bits per heavy atom. The fourth-order valence-electron chi connectivity index (χ4n) is 1.61. The van der Waals surface area contributed by atoms with Gasteiger partial charge in [-0.25, -0.2) is 0 Å². The predicted octanol–water partition coefficient (Wildman–Crippen LogP) is 4.46. The van der Waals surface area contributed by atoms with Crippen LogP contribution < -0.4 is 5.32 Å². The Kier molecular flexibility index (Phi) is 4.62. The highest BCUT2D eigenvalue weighted by molar-refractivity contribution is 5.57. The molecule has 20 heavy (non-hydrogen) atoms. The Labute approximate surface area is 115 Å². The van der Waals surface area contributed by atoms with Crippen molar-refractivity contribution in [1.82, 2.24) is 0 Å². The Morgan fingerprint density at radius 1 is 1.25 bits per heavy atom. The van der Waals surface area contributed by atoms with Crippen molar-refractivity contribution < 1.29 is 18.1 Å². The second-order valence-electron chi connectivity index (χ2n) is 5.72. The number of nitrogens with one attached hydrogen (secondary N) is 1. The van der Waals surface area contributed by atoms with Crippen molar-refractivity contribution in [3.8, 4) is 0 Å². The van der Waals surface area contributed by atoms with E-state index in [-0.39, 0.29) is 11.1 Å². The van der Waals surface area contributed by atoms with Crippen LogP contribution in [0, 0.1) is 15.5 Å². The molecule has 0 fully saturated rings. The molecule has 0 radical (unpaired) electrons. The van der Waals surface area contributed by atoms with Gasteiger partial charge in [-0.05, 0) is 17.9 Å². The standard InChI is InChI=1S/C13H17F3N2O2/c1-12(2,3)6-7-17-11-5-4-9(18(19)20)8-10(11)13(14,15)16/h4-5,8,17H,6-7H2,1-3H3. The Hall–Kier alpha value is -1.79. The summed E-state index contributed by atoms with van der Waals surface area (Å²) < 4.78 is 38.7. The third-order valence-electron chi connectivity index (χ3n) is 2.71. The van der Waals surface area contributed by atoms with Gasteiger partial charge in [-0.15, -0.1) is 0 Å². The van der Waals surface area contributed by atoms with Gasteiger partial charge < -0.3 is 5.32 Å². The molecule has 0 amide bonds. The van der Waals surface area contributed by atoms with E-state index in [4.69, 9.17) is 0 Å². The number of alkyl halides is 3. The van der Waals surface area contributed by atoms with Crippen molar-refractivity contribution in [3.05, 3.63) is 33.9 Å². The lowest BCUT2D eigenvalue weighted by atomic mass is 9.92. The minimum atomic E-state index is -4.63. The summed E-state index contributed by atoms with van der Waals surface area (Å²) in [6.45, 7) is 6.31. The van der Waals surface area contributed by atoms with Crippen molar-refractivity contribution in [3.63, 3.8) is 0 Å². The molecule has 0 aliphatic heterocycles. The second kappa shape index (κ2) is 5.68. The first-order valence-corrected chi connectivity index (χ1v) is 6.10. The molecule has 0 saturated carbocycles. The van der Waals surface area contributed by atoms with Crippen LogP contribution in [0.5, 0.6) is 0 Å². The van der Waals surface area contributed by atoms with E-state index in [1.165, 1.54) is 0 Å². The summed E-state index contributed by atoms with van der Waals surface area (Å²) in [5.74, 6) is 0. The van der Waals surface area contributed by atoms with Crippen molar-refractivity contribution in [2.75, 3.05) is 11.9 Å². The Bertz CT molecular complexity index is 493. The number of nitrogens with zero attached hydrogens (tertiary/aromatic N) is 1. The maximum atomic E-state index is 12.9. The number of benzene rings is 1. The Morgan fingerprint density at radius 3 is 2.30 bits per heavy atom.